The van der Waals surface area contributed by atoms with E-state index in [0.29, 0.717) is 26.1 Å². The summed E-state index contributed by atoms with van der Waals surface area (Å²) in [5.41, 5.74) is 13.3. The van der Waals surface area contributed by atoms with Crippen molar-refractivity contribution in [3.8, 4) is 22.4 Å². The van der Waals surface area contributed by atoms with E-state index in [9.17, 15) is 0 Å². The highest BCUT2D eigenvalue weighted by Gasteiger charge is 2.57. The van der Waals surface area contributed by atoms with Crippen molar-refractivity contribution in [3.05, 3.63) is 84.3 Å². The maximum absolute atomic E-state index is 6.78. The average molecular weight is 533 g/mol. The molecule has 1 saturated carbocycles. The van der Waals surface area contributed by atoms with Crippen LogP contribution in [0.25, 0.3) is 38.9 Å². The lowest BCUT2D eigenvalue weighted by Gasteiger charge is -2.50. The Morgan fingerprint density at radius 1 is 0.900 bits per heavy atom. The number of aromatic nitrogens is 4. The maximum atomic E-state index is 6.78. The Labute approximate surface area is 232 Å². The number of nitrogens with one attached hydrogen (secondary N) is 1. The predicted octanol–water partition coefficient (Wildman–Crippen LogP) is 5.12. The molecule has 3 fully saturated rings. The van der Waals surface area contributed by atoms with E-state index in [1.165, 1.54) is 12.8 Å². The molecule has 3 N–H and O–H groups in total. The lowest BCUT2D eigenvalue weighted by atomic mass is 9.68. The van der Waals surface area contributed by atoms with Crippen LogP contribution in [0.15, 0.2) is 72.9 Å². The standard InChI is InChI=1S/C32H32N6O2/c33-31(19-32(20-31)39-16-17-40-32)23-11-9-22(10-12-23)28-24(21-6-2-1-3-7-21)18-25-26(35-28)13-15-38-29(25)36-37-30(38)27-8-4-5-14-34-27/h1-3,6-7,9-13,15,18,27,34H,4-5,8,14,16-17,19-20,33H2. The summed E-state index contributed by atoms with van der Waals surface area (Å²) in [7, 11) is 0. The van der Waals surface area contributed by atoms with Crippen LogP contribution in [0.5, 0.6) is 0 Å². The third-order valence-electron chi connectivity index (χ3n) is 8.82. The molecule has 0 amide bonds. The molecule has 5 aromatic rings. The molecule has 2 aliphatic heterocycles. The van der Waals surface area contributed by atoms with Crippen LogP contribution in [-0.4, -0.2) is 45.1 Å². The quantitative estimate of drug-likeness (QED) is 0.332. The van der Waals surface area contributed by atoms with E-state index in [0.717, 1.165) is 63.3 Å². The molecule has 2 aromatic carbocycles. The zero-order valence-electron chi connectivity index (χ0n) is 22.3. The Hall–Kier alpha value is -3.69. The maximum Gasteiger partial charge on any atom is 0.172 e. The minimum absolute atomic E-state index is 0.226. The van der Waals surface area contributed by atoms with Crippen LogP contribution in [0.4, 0.5) is 0 Å². The second-order valence-corrected chi connectivity index (χ2v) is 11.4. The molecule has 8 rings (SSSR count). The minimum atomic E-state index is -0.492. The molecule has 0 radical (unpaired) electrons. The molecular weight excluding hydrogens is 500 g/mol. The fraction of sp³-hybridized carbons (Fsp3) is 0.344. The number of pyridine rings is 2. The van der Waals surface area contributed by atoms with Gasteiger partial charge in [-0.15, -0.1) is 10.2 Å². The van der Waals surface area contributed by atoms with Crippen LogP contribution in [0, 0.1) is 0 Å². The Morgan fingerprint density at radius 2 is 1.70 bits per heavy atom. The second kappa shape index (κ2) is 9.17. The van der Waals surface area contributed by atoms with Gasteiger partial charge in [0.1, 0.15) is 0 Å². The van der Waals surface area contributed by atoms with E-state index in [2.05, 4.69) is 86.8 Å². The number of hydrogen-bond acceptors (Lipinski definition) is 7. The predicted molar refractivity (Wildman–Crippen MR) is 153 cm³/mol. The SMILES string of the molecule is NC1(c2ccc(-c3nc4ccn5c(C6CCCCN6)nnc5c4cc3-c3ccccc3)cc2)CC2(C1)OCCO2. The summed E-state index contributed by atoms with van der Waals surface area (Å²) in [6.07, 6.45) is 6.90. The highest BCUT2D eigenvalue weighted by Crippen LogP contribution is 2.51. The van der Waals surface area contributed by atoms with Gasteiger partial charge in [-0.2, -0.15) is 0 Å². The third-order valence-corrected chi connectivity index (χ3v) is 8.82. The molecule has 8 nitrogen and oxygen atoms in total. The van der Waals surface area contributed by atoms with Crippen LogP contribution < -0.4 is 11.1 Å². The first-order valence-corrected chi connectivity index (χ1v) is 14.3. The fourth-order valence-corrected chi connectivity index (χ4v) is 6.76. The van der Waals surface area contributed by atoms with Gasteiger partial charge < -0.3 is 20.5 Å². The Kier molecular flexibility index (Phi) is 5.54. The number of nitrogens with zero attached hydrogens (tertiary/aromatic N) is 4. The van der Waals surface area contributed by atoms with Crippen molar-refractivity contribution in [2.75, 3.05) is 19.8 Å². The molecule has 8 heteroatoms. The number of ether oxygens (including phenoxy) is 2. The number of rotatable bonds is 4. The molecule has 1 spiro atoms. The molecular formula is C32H32N6O2. The first kappa shape index (κ1) is 24.1. The second-order valence-electron chi connectivity index (χ2n) is 11.4. The summed E-state index contributed by atoms with van der Waals surface area (Å²) in [6, 6.07) is 23.5. The monoisotopic (exact) mass is 532 g/mol. The summed E-state index contributed by atoms with van der Waals surface area (Å²) >= 11 is 0. The van der Waals surface area contributed by atoms with E-state index < -0.39 is 11.3 Å². The van der Waals surface area contributed by atoms with Crippen molar-refractivity contribution in [1.29, 1.82) is 0 Å². The van der Waals surface area contributed by atoms with Crippen LogP contribution in [0.3, 0.4) is 0 Å². The van der Waals surface area contributed by atoms with Crippen LogP contribution in [0.1, 0.15) is 49.5 Å². The molecule has 3 aliphatic rings. The van der Waals surface area contributed by atoms with Crippen molar-refractivity contribution in [2.24, 2.45) is 5.73 Å². The lowest BCUT2D eigenvalue weighted by Crippen LogP contribution is -2.60. The number of nitrogens with two attached hydrogens (primary N) is 1. The molecule has 3 aromatic heterocycles. The van der Waals surface area contributed by atoms with Crippen LogP contribution in [-0.2, 0) is 15.0 Å². The number of piperidine rings is 1. The van der Waals surface area contributed by atoms with E-state index in [-0.39, 0.29) is 6.04 Å². The summed E-state index contributed by atoms with van der Waals surface area (Å²) < 4.78 is 13.8. The van der Waals surface area contributed by atoms with Crippen molar-refractivity contribution >= 4 is 16.6 Å². The number of fused-ring (bicyclic) bond motifs is 3. The summed E-state index contributed by atoms with van der Waals surface area (Å²) in [4.78, 5) is 5.21. The van der Waals surface area contributed by atoms with Crippen LogP contribution in [0.2, 0.25) is 0 Å². The van der Waals surface area contributed by atoms with Crippen molar-refractivity contribution in [2.45, 2.75) is 49.5 Å². The van der Waals surface area contributed by atoms with Gasteiger partial charge in [0.2, 0.25) is 0 Å². The third kappa shape index (κ3) is 3.86. The molecule has 202 valence electrons. The van der Waals surface area contributed by atoms with Gasteiger partial charge in [0.05, 0.1) is 36.0 Å². The molecule has 40 heavy (non-hydrogen) atoms. The zero-order valence-corrected chi connectivity index (χ0v) is 22.3. The highest BCUT2D eigenvalue weighted by molar-refractivity contribution is 5.98. The fourth-order valence-electron chi connectivity index (χ4n) is 6.76. The first-order chi connectivity index (χ1) is 19.6. The van der Waals surface area contributed by atoms with E-state index in [1.54, 1.807) is 0 Å². The molecule has 1 atom stereocenters. The number of benzene rings is 2. The topological polar surface area (TPSA) is 99.6 Å². The Bertz CT molecular complexity index is 1700. The summed E-state index contributed by atoms with van der Waals surface area (Å²) in [5, 5.41) is 13.9. The summed E-state index contributed by atoms with van der Waals surface area (Å²) in [6.45, 7) is 2.30. The average Bonchev–Trinajstić information content (AvgIpc) is 3.65. The van der Waals surface area contributed by atoms with Gasteiger partial charge >= 0.3 is 0 Å². The largest absolute Gasteiger partial charge is 0.347 e. The first-order valence-electron chi connectivity index (χ1n) is 14.3. The van der Waals surface area contributed by atoms with Crippen molar-refractivity contribution in [1.82, 2.24) is 24.9 Å². The van der Waals surface area contributed by atoms with Gasteiger partial charge in [-0.1, -0.05) is 61.0 Å². The van der Waals surface area contributed by atoms with Gasteiger partial charge in [0.25, 0.3) is 0 Å². The molecule has 0 bridgehead atoms. The Balaban J connectivity index is 1.21. The Morgan fingerprint density at radius 3 is 2.45 bits per heavy atom. The smallest absolute Gasteiger partial charge is 0.172 e. The minimum Gasteiger partial charge on any atom is -0.347 e. The van der Waals surface area contributed by atoms with Gasteiger partial charge in [-0.3, -0.25) is 4.40 Å². The lowest BCUT2D eigenvalue weighted by molar-refractivity contribution is -0.239. The molecule has 2 saturated heterocycles. The van der Waals surface area contributed by atoms with Gasteiger partial charge in [-0.05, 0) is 42.6 Å². The van der Waals surface area contributed by atoms with E-state index >= 15 is 0 Å². The zero-order chi connectivity index (χ0) is 26.7. The number of hydrogen-bond donors (Lipinski definition) is 2. The molecule has 1 unspecified atom stereocenters. The normalized spacial score (nSPS) is 21.7. The van der Waals surface area contributed by atoms with Crippen LogP contribution >= 0.6 is 0 Å². The molecule has 5 heterocycles. The van der Waals surface area contributed by atoms with E-state index in [4.69, 9.17) is 20.2 Å². The summed E-state index contributed by atoms with van der Waals surface area (Å²) in [5.74, 6) is 0.479. The van der Waals surface area contributed by atoms with Crippen molar-refractivity contribution < 1.29 is 9.47 Å². The van der Waals surface area contributed by atoms with E-state index in [1.807, 2.05) is 6.07 Å². The van der Waals surface area contributed by atoms with Gasteiger partial charge in [0.15, 0.2) is 17.3 Å². The van der Waals surface area contributed by atoms with Gasteiger partial charge in [0, 0.05) is 35.6 Å². The van der Waals surface area contributed by atoms with Gasteiger partial charge in [-0.25, -0.2) is 4.98 Å². The molecule has 1 aliphatic carbocycles. The van der Waals surface area contributed by atoms with Crippen molar-refractivity contribution in [3.63, 3.8) is 0 Å². The highest BCUT2D eigenvalue weighted by atomic mass is 16.7.